The molecule has 0 aliphatic carbocycles. The smallest absolute Gasteiger partial charge is 0.410 e. The monoisotopic (exact) mass is 217 g/mol. The van der Waals surface area contributed by atoms with Gasteiger partial charge in [-0.15, -0.1) is 0 Å². The SMILES string of the molecule is CC(C(=O)NN)N(C)C(=O)OC(C)(C)C. The maximum atomic E-state index is 11.5. The number of nitrogens with two attached hydrogens (primary N) is 1. The number of hydrogen-bond donors (Lipinski definition) is 2. The van der Waals surface area contributed by atoms with Crippen molar-refractivity contribution in [3.8, 4) is 0 Å². The minimum atomic E-state index is -0.662. The molecule has 0 aromatic rings. The van der Waals surface area contributed by atoms with Gasteiger partial charge < -0.3 is 4.74 Å². The third-order valence-corrected chi connectivity index (χ3v) is 1.78. The van der Waals surface area contributed by atoms with Crippen LogP contribution < -0.4 is 11.3 Å². The van der Waals surface area contributed by atoms with Gasteiger partial charge in [0.25, 0.3) is 5.91 Å². The van der Waals surface area contributed by atoms with Crippen molar-refractivity contribution < 1.29 is 14.3 Å². The van der Waals surface area contributed by atoms with Crippen LogP contribution in [0.3, 0.4) is 0 Å². The first kappa shape index (κ1) is 13.7. The number of ether oxygens (including phenoxy) is 1. The Hall–Kier alpha value is -1.30. The van der Waals surface area contributed by atoms with E-state index in [9.17, 15) is 9.59 Å². The zero-order valence-electron chi connectivity index (χ0n) is 9.83. The van der Waals surface area contributed by atoms with Crippen molar-refractivity contribution in [3.05, 3.63) is 0 Å². The largest absolute Gasteiger partial charge is 0.444 e. The molecule has 1 atom stereocenters. The summed E-state index contributed by atoms with van der Waals surface area (Å²) in [7, 11) is 1.48. The fourth-order valence-electron chi connectivity index (χ4n) is 0.789. The summed E-state index contributed by atoms with van der Waals surface area (Å²) < 4.78 is 5.08. The zero-order chi connectivity index (χ0) is 12.2. The molecule has 15 heavy (non-hydrogen) atoms. The molecule has 0 bridgehead atoms. The maximum absolute atomic E-state index is 11.5. The predicted octanol–water partition coefficient (Wildman–Crippen LogP) is 0.232. The lowest BCUT2D eigenvalue weighted by Gasteiger charge is -2.27. The topological polar surface area (TPSA) is 84.7 Å². The molecule has 0 aromatic heterocycles. The highest BCUT2D eigenvalue weighted by atomic mass is 16.6. The molecular weight excluding hydrogens is 198 g/mol. The minimum absolute atomic E-state index is 0.441. The van der Waals surface area contributed by atoms with Gasteiger partial charge in [-0.1, -0.05) is 0 Å². The summed E-state index contributed by atoms with van der Waals surface area (Å²) in [5, 5.41) is 0. The average Bonchev–Trinajstić information content (AvgIpc) is 2.11. The van der Waals surface area contributed by atoms with Gasteiger partial charge in [0, 0.05) is 7.05 Å². The lowest BCUT2D eigenvalue weighted by molar-refractivity contribution is -0.125. The second kappa shape index (κ2) is 4.97. The summed E-state index contributed by atoms with van der Waals surface area (Å²) in [5.41, 5.74) is 1.40. The number of amides is 2. The molecule has 0 aliphatic heterocycles. The van der Waals surface area contributed by atoms with E-state index in [0.29, 0.717) is 0 Å². The molecule has 0 radical (unpaired) electrons. The van der Waals surface area contributed by atoms with E-state index >= 15 is 0 Å². The molecule has 1 unspecified atom stereocenters. The third-order valence-electron chi connectivity index (χ3n) is 1.78. The van der Waals surface area contributed by atoms with E-state index in [1.165, 1.54) is 11.9 Å². The molecule has 0 rings (SSSR count). The van der Waals surface area contributed by atoms with Crippen LogP contribution in [0, 0.1) is 0 Å². The van der Waals surface area contributed by atoms with E-state index in [1.807, 2.05) is 5.43 Å². The maximum Gasteiger partial charge on any atom is 0.410 e. The Morgan fingerprint density at radius 3 is 2.20 bits per heavy atom. The molecule has 6 nitrogen and oxygen atoms in total. The molecule has 0 aromatic carbocycles. The molecule has 3 N–H and O–H groups in total. The minimum Gasteiger partial charge on any atom is -0.444 e. The van der Waals surface area contributed by atoms with Crippen LogP contribution in [0.15, 0.2) is 0 Å². The van der Waals surface area contributed by atoms with Gasteiger partial charge in [-0.25, -0.2) is 10.6 Å². The Balaban J connectivity index is 4.39. The molecule has 0 saturated carbocycles. The van der Waals surface area contributed by atoms with E-state index in [2.05, 4.69) is 0 Å². The molecule has 0 heterocycles. The van der Waals surface area contributed by atoms with E-state index in [4.69, 9.17) is 10.6 Å². The number of carbonyl (C=O) groups excluding carboxylic acids is 2. The molecule has 0 fully saturated rings. The Morgan fingerprint density at radius 2 is 1.87 bits per heavy atom. The van der Waals surface area contributed by atoms with Gasteiger partial charge in [-0.3, -0.25) is 15.1 Å². The van der Waals surface area contributed by atoms with Gasteiger partial charge in [0.2, 0.25) is 0 Å². The Bertz CT molecular complexity index is 247. The number of rotatable bonds is 2. The first-order valence-electron chi connectivity index (χ1n) is 4.65. The summed E-state index contributed by atoms with van der Waals surface area (Å²) in [6, 6.07) is -0.662. The molecule has 88 valence electrons. The average molecular weight is 217 g/mol. The summed E-state index contributed by atoms with van der Waals surface area (Å²) in [6.07, 6.45) is -0.557. The number of nitrogens with zero attached hydrogens (tertiary/aromatic N) is 1. The van der Waals surface area contributed by atoms with Gasteiger partial charge in [0.15, 0.2) is 0 Å². The van der Waals surface area contributed by atoms with Crippen LogP contribution in [0.25, 0.3) is 0 Å². The molecule has 0 spiro atoms. The van der Waals surface area contributed by atoms with Crippen molar-refractivity contribution in [2.24, 2.45) is 5.84 Å². The van der Waals surface area contributed by atoms with Crippen molar-refractivity contribution in [2.45, 2.75) is 39.3 Å². The third kappa shape index (κ3) is 4.64. The molecule has 0 saturated heterocycles. The van der Waals surface area contributed by atoms with E-state index in [1.54, 1.807) is 27.7 Å². The van der Waals surface area contributed by atoms with Crippen LogP contribution in [0.4, 0.5) is 4.79 Å². The number of hydrogen-bond acceptors (Lipinski definition) is 4. The van der Waals surface area contributed by atoms with Crippen LogP contribution in [0.1, 0.15) is 27.7 Å². The normalized spacial score (nSPS) is 12.9. The Kier molecular flexibility index (Phi) is 4.54. The highest BCUT2D eigenvalue weighted by Gasteiger charge is 2.26. The van der Waals surface area contributed by atoms with E-state index < -0.39 is 23.6 Å². The summed E-state index contributed by atoms with van der Waals surface area (Å²) in [6.45, 7) is 6.83. The number of hydrazine groups is 1. The second-order valence-corrected chi connectivity index (χ2v) is 4.28. The fourth-order valence-corrected chi connectivity index (χ4v) is 0.789. The number of carbonyl (C=O) groups is 2. The van der Waals surface area contributed by atoms with Gasteiger partial charge in [-0.05, 0) is 27.7 Å². The summed E-state index contributed by atoms with van der Waals surface area (Å²) in [4.78, 5) is 23.8. The summed E-state index contributed by atoms with van der Waals surface area (Å²) in [5.74, 6) is 4.52. The van der Waals surface area contributed by atoms with Crippen molar-refractivity contribution in [1.29, 1.82) is 0 Å². The molecule has 0 aliphatic rings. The second-order valence-electron chi connectivity index (χ2n) is 4.28. The van der Waals surface area contributed by atoms with Crippen molar-refractivity contribution in [3.63, 3.8) is 0 Å². The van der Waals surface area contributed by atoms with Gasteiger partial charge in [-0.2, -0.15) is 0 Å². The van der Waals surface area contributed by atoms with Crippen molar-refractivity contribution in [2.75, 3.05) is 7.05 Å². The summed E-state index contributed by atoms with van der Waals surface area (Å²) >= 11 is 0. The molecular formula is C9H19N3O3. The van der Waals surface area contributed by atoms with E-state index in [-0.39, 0.29) is 0 Å². The first-order valence-corrected chi connectivity index (χ1v) is 4.65. The fraction of sp³-hybridized carbons (Fsp3) is 0.778. The Labute approximate surface area is 89.7 Å². The first-order chi connectivity index (χ1) is 6.69. The van der Waals surface area contributed by atoms with Crippen LogP contribution in [-0.4, -0.2) is 35.6 Å². The highest BCUT2D eigenvalue weighted by molar-refractivity contribution is 5.84. The lowest BCUT2D eigenvalue weighted by atomic mass is 10.2. The quantitative estimate of drug-likeness (QED) is 0.394. The molecule has 6 heteroatoms. The predicted molar refractivity (Wildman–Crippen MR) is 55.8 cm³/mol. The van der Waals surface area contributed by atoms with Gasteiger partial charge in [0.05, 0.1) is 0 Å². The van der Waals surface area contributed by atoms with Crippen molar-refractivity contribution >= 4 is 12.0 Å². The van der Waals surface area contributed by atoms with Crippen LogP contribution >= 0.6 is 0 Å². The molecule has 2 amide bonds. The van der Waals surface area contributed by atoms with E-state index in [0.717, 1.165) is 0 Å². The van der Waals surface area contributed by atoms with Gasteiger partial charge in [0.1, 0.15) is 11.6 Å². The standard InChI is InChI=1S/C9H19N3O3/c1-6(7(13)11-10)12(5)8(14)15-9(2,3)4/h6H,10H2,1-5H3,(H,11,13). The van der Waals surface area contributed by atoms with Crippen molar-refractivity contribution in [1.82, 2.24) is 10.3 Å². The highest BCUT2D eigenvalue weighted by Crippen LogP contribution is 2.10. The van der Waals surface area contributed by atoms with Crippen LogP contribution in [-0.2, 0) is 9.53 Å². The van der Waals surface area contributed by atoms with Gasteiger partial charge >= 0.3 is 6.09 Å². The lowest BCUT2D eigenvalue weighted by Crippen LogP contribution is -2.49. The van der Waals surface area contributed by atoms with Crippen LogP contribution in [0.5, 0.6) is 0 Å². The van der Waals surface area contributed by atoms with Crippen LogP contribution in [0.2, 0.25) is 0 Å². The Morgan fingerprint density at radius 1 is 1.40 bits per heavy atom. The number of nitrogens with one attached hydrogen (secondary N) is 1. The zero-order valence-corrected chi connectivity index (χ0v) is 9.83. The number of likely N-dealkylation sites (N-methyl/N-ethyl adjacent to an activating group) is 1.